The van der Waals surface area contributed by atoms with Crippen molar-refractivity contribution in [2.45, 2.75) is 6.54 Å². The van der Waals surface area contributed by atoms with E-state index in [9.17, 15) is 9.59 Å². The fourth-order valence-corrected chi connectivity index (χ4v) is 4.35. The van der Waals surface area contributed by atoms with Crippen molar-refractivity contribution in [3.05, 3.63) is 90.6 Å². The summed E-state index contributed by atoms with van der Waals surface area (Å²) in [4.78, 5) is 38.1. The summed E-state index contributed by atoms with van der Waals surface area (Å²) in [6.07, 6.45) is 1.65. The minimum Gasteiger partial charge on any atom is -0.481 e. The van der Waals surface area contributed by atoms with Crippen molar-refractivity contribution < 1.29 is 14.3 Å². The summed E-state index contributed by atoms with van der Waals surface area (Å²) >= 11 is 0. The molecule has 0 saturated carbocycles. The first kappa shape index (κ1) is 25.2. The summed E-state index contributed by atoms with van der Waals surface area (Å²) in [6.45, 7) is 3.68. The lowest BCUT2D eigenvalue weighted by molar-refractivity contribution is -0.123. The zero-order valence-corrected chi connectivity index (χ0v) is 21.0. The first-order chi connectivity index (χ1) is 18.6. The molecule has 0 spiro atoms. The number of pyridine rings is 2. The zero-order valence-electron chi connectivity index (χ0n) is 21.0. The lowest BCUT2D eigenvalue weighted by Crippen LogP contribution is -2.49. The van der Waals surface area contributed by atoms with Crippen LogP contribution in [0.5, 0.6) is 5.75 Å². The number of fused-ring (bicyclic) bond motifs is 1. The van der Waals surface area contributed by atoms with Crippen molar-refractivity contribution >= 4 is 34.4 Å². The molecule has 9 nitrogen and oxygen atoms in total. The summed E-state index contributed by atoms with van der Waals surface area (Å²) in [7, 11) is 0. The number of nitrogens with zero attached hydrogens (tertiary/aromatic N) is 4. The summed E-state index contributed by atoms with van der Waals surface area (Å²) in [5.74, 6) is 1.72. The molecule has 1 fully saturated rings. The first-order valence-electron chi connectivity index (χ1n) is 12.7. The Kier molecular flexibility index (Phi) is 8.05. The van der Waals surface area contributed by atoms with Gasteiger partial charge in [-0.2, -0.15) is 0 Å². The second-order valence-corrected chi connectivity index (χ2v) is 9.07. The van der Waals surface area contributed by atoms with Gasteiger partial charge in [0.1, 0.15) is 22.9 Å². The van der Waals surface area contributed by atoms with Crippen LogP contribution in [0, 0.1) is 0 Å². The maximum Gasteiger partial charge on any atom is 0.258 e. The molecule has 0 atom stereocenters. The van der Waals surface area contributed by atoms with Crippen LogP contribution in [0.15, 0.2) is 85.1 Å². The Bertz CT molecular complexity index is 1380. The van der Waals surface area contributed by atoms with E-state index in [2.05, 4.69) is 25.4 Å². The third-order valence-electron chi connectivity index (χ3n) is 6.36. The van der Waals surface area contributed by atoms with Crippen molar-refractivity contribution in [3.8, 4) is 5.75 Å². The van der Waals surface area contributed by atoms with Gasteiger partial charge in [0.25, 0.3) is 5.91 Å². The molecule has 2 aromatic carbocycles. The monoisotopic (exact) mass is 510 g/mol. The number of aromatic nitrogens is 2. The highest BCUT2D eigenvalue weighted by molar-refractivity contribution is 5.91. The van der Waals surface area contributed by atoms with Gasteiger partial charge in [0.2, 0.25) is 5.91 Å². The smallest absolute Gasteiger partial charge is 0.258 e. The molecule has 2 amide bonds. The highest BCUT2D eigenvalue weighted by atomic mass is 16.5. The van der Waals surface area contributed by atoms with E-state index in [4.69, 9.17) is 9.72 Å². The molecule has 0 bridgehead atoms. The van der Waals surface area contributed by atoms with E-state index in [-0.39, 0.29) is 18.4 Å². The Labute approximate surface area is 221 Å². The average molecular weight is 511 g/mol. The fourth-order valence-electron chi connectivity index (χ4n) is 4.35. The number of anilines is 2. The van der Waals surface area contributed by atoms with Crippen LogP contribution in [0.3, 0.4) is 0 Å². The molecular formula is C29H30N6O3. The van der Waals surface area contributed by atoms with E-state index in [1.807, 2.05) is 72.8 Å². The highest BCUT2D eigenvalue weighted by Gasteiger charge is 2.21. The maximum absolute atomic E-state index is 12.4. The molecular weight excluding hydrogens is 480 g/mol. The zero-order chi connectivity index (χ0) is 26.2. The lowest BCUT2D eigenvalue weighted by atomic mass is 10.2. The number of piperazine rings is 1. The highest BCUT2D eigenvalue weighted by Crippen LogP contribution is 2.27. The van der Waals surface area contributed by atoms with Crippen LogP contribution < -0.4 is 20.3 Å². The molecule has 9 heteroatoms. The SMILES string of the molecule is O=C(COc1cccc2ccc(N3CCN(CC(=O)Nc4ccccn4)CC3)nc12)NCc1ccccc1. The van der Waals surface area contributed by atoms with Gasteiger partial charge >= 0.3 is 0 Å². The van der Waals surface area contributed by atoms with E-state index >= 15 is 0 Å². The molecule has 5 rings (SSSR count). The largest absolute Gasteiger partial charge is 0.481 e. The maximum atomic E-state index is 12.4. The molecule has 1 aliphatic heterocycles. The predicted octanol–water partition coefficient (Wildman–Crippen LogP) is 3.09. The molecule has 2 N–H and O–H groups in total. The van der Waals surface area contributed by atoms with Crippen LogP contribution in [-0.2, 0) is 16.1 Å². The predicted molar refractivity (Wildman–Crippen MR) is 147 cm³/mol. The number of hydrogen-bond donors (Lipinski definition) is 2. The number of ether oxygens (including phenoxy) is 1. The minimum absolute atomic E-state index is 0.0735. The standard InChI is InChI=1S/C29H30N6O3/c36-27(32-25-11-4-5-14-30-25)20-34-15-17-35(18-16-34)26-13-12-23-9-6-10-24(29(23)33-26)38-21-28(37)31-19-22-7-2-1-3-8-22/h1-14H,15-21H2,(H,31,37)(H,30,32,36). The number of hydrogen-bond acceptors (Lipinski definition) is 7. The van der Waals surface area contributed by atoms with Crippen LogP contribution in [0.25, 0.3) is 10.9 Å². The van der Waals surface area contributed by atoms with Crippen LogP contribution in [0.4, 0.5) is 11.6 Å². The molecule has 1 saturated heterocycles. The molecule has 194 valence electrons. The summed E-state index contributed by atoms with van der Waals surface area (Å²) in [5.41, 5.74) is 1.75. The Morgan fingerprint density at radius 3 is 2.45 bits per heavy atom. The molecule has 3 heterocycles. The molecule has 1 aliphatic rings. The summed E-state index contributed by atoms with van der Waals surface area (Å²) in [5, 5.41) is 6.66. The number of amides is 2. The molecule has 0 radical (unpaired) electrons. The average Bonchev–Trinajstić information content (AvgIpc) is 2.96. The third-order valence-corrected chi connectivity index (χ3v) is 6.36. The fraction of sp³-hybridized carbons (Fsp3) is 0.241. The van der Waals surface area contributed by atoms with Crippen LogP contribution in [-0.4, -0.2) is 66.0 Å². The normalized spacial score (nSPS) is 13.7. The second kappa shape index (κ2) is 12.2. The Morgan fingerprint density at radius 2 is 1.66 bits per heavy atom. The van der Waals surface area contributed by atoms with Crippen molar-refractivity contribution in [2.75, 3.05) is 49.5 Å². The third kappa shape index (κ3) is 6.63. The number of rotatable bonds is 9. The van der Waals surface area contributed by atoms with Crippen molar-refractivity contribution in [1.29, 1.82) is 0 Å². The lowest BCUT2D eigenvalue weighted by Gasteiger charge is -2.35. The van der Waals surface area contributed by atoms with E-state index in [0.717, 1.165) is 48.5 Å². The van der Waals surface area contributed by atoms with Gasteiger partial charge in [-0.3, -0.25) is 14.5 Å². The minimum atomic E-state index is -0.190. The van der Waals surface area contributed by atoms with Crippen LogP contribution in [0.2, 0.25) is 0 Å². The van der Waals surface area contributed by atoms with Gasteiger partial charge in [-0.15, -0.1) is 0 Å². The Hall–Kier alpha value is -4.50. The number of para-hydroxylation sites is 1. The van der Waals surface area contributed by atoms with Gasteiger partial charge in [0.05, 0.1) is 6.54 Å². The van der Waals surface area contributed by atoms with E-state index in [0.29, 0.717) is 24.7 Å². The van der Waals surface area contributed by atoms with Gasteiger partial charge in [-0.25, -0.2) is 9.97 Å². The molecule has 0 unspecified atom stereocenters. The number of carbonyl (C=O) groups excluding carboxylic acids is 2. The van der Waals surface area contributed by atoms with E-state index < -0.39 is 0 Å². The molecule has 2 aromatic heterocycles. The quantitative estimate of drug-likeness (QED) is 0.357. The van der Waals surface area contributed by atoms with Crippen molar-refractivity contribution in [1.82, 2.24) is 20.2 Å². The Balaban J connectivity index is 1.16. The van der Waals surface area contributed by atoms with Gasteiger partial charge in [0, 0.05) is 44.3 Å². The number of nitrogens with one attached hydrogen (secondary N) is 2. The van der Waals surface area contributed by atoms with Gasteiger partial charge in [-0.05, 0) is 35.9 Å². The van der Waals surface area contributed by atoms with Crippen molar-refractivity contribution in [2.24, 2.45) is 0 Å². The molecule has 4 aromatic rings. The van der Waals surface area contributed by atoms with Crippen LogP contribution >= 0.6 is 0 Å². The van der Waals surface area contributed by atoms with Gasteiger partial charge in [-0.1, -0.05) is 48.5 Å². The second-order valence-electron chi connectivity index (χ2n) is 9.07. The molecule has 0 aliphatic carbocycles. The summed E-state index contributed by atoms with van der Waals surface area (Å²) in [6, 6.07) is 24.9. The van der Waals surface area contributed by atoms with E-state index in [1.54, 1.807) is 12.3 Å². The summed E-state index contributed by atoms with van der Waals surface area (Å²) < 4.78 is 5.87. The van der Waals surface area contributed by atoms with Gasteiger partial charge < -0.3 is 20.3 Å². The number of carbonyl (C=O) groups is 2. The van der Waals surface area contributed by atoms with Crippen LogP contribution in [0.1, 0.15) is 5.56 Å². The topological polar surface area (TPSA) is 99.7 Å². The van der Waals surface area contributed by atoms with Gasteiger partial charge in [0.15, 0.2) is 6.61 Å². The first-order valence-corrected chi connectivity index (χ1v) is 12.7. The number of benzene rings is 2. The van der Waals surface area contributed by atoms with E-state index in [1.165, 1.54) is 0 Å². The Morgan fingerprint density at radius 1 is 0.842 bits per heavy atom. The van der Waals surface area contributed by atoms with Crippen molar-refractivity contribution in [3.63, 3.8) is 0 Å². The molecule has 38 heavy (non-hydrogen) atoms.